The van der Waals surface area contributed by atoms with Gasteiger partial charge in [-0.15, -0.1) is 23.1 Å². The minimum absolute atomic E-state index is 0.0525. The highest BCUT2D eigenvalue weighted by molar-refractivity contribution is 9.10. The molecule has 1 heterocycles. The number of amides is 3. The van der Waals surface area contributed by atoms with Gasteiger partial charge in [-0.2, -0.15) is 0 Å². The number of hydrogen-bond donors (Lipinski definition) is 3. The van der Waals surface area contributed by atoms with Crippen molar-refractivity contribution in [3.8, 4) is 11.1 Å². The summed E-state index contributed by atoms with van der Waals surface area (Å²) in [6.07, 6.45) is 1.60. The zero-order valence-corrected chi connectivity index (χ0v) is 29.1. The van der Waals surface area contributed by atoms with Crippen molar-refractivity contribution in [1.29, 1.82) is 0 Å². The SMILES string of the molecule is COC(=O)c1c(-c2ccc(C)cc2)csc1NC(=O)CSc1cccc(NC(=O)/C(=C\c2cccc(Br)c2)NC(=O)c2ccccc2)c1. The third kappa shape index (κ3) is 9.09. The molecule has 0 bridgehead atoms. The first-order valence-electron chi connectivity index (χ1n) is 14.6. The molecule has 5 rings (SSSR count). The van der Waals surface area contributed by atoms with Crippen molar-refractivity contribution in [3.63, 3.8) is 0 Å². The normalized spacial score (nSPS) is 11.0. The number of thioether (sulfide) groups is 1. The van der Waals surface area contributed by atoms with E-state index in [1.54, 1.807) is 54.6 Å². The molecule has 0 spiro atoms. The van der Waals surface area contributed by atoms with Crippen molar-refractivity contribution in [3.05, 3.63) is 141 Å². The van der Waals surface area contributed by atoms with Gasteiger partial charge >= 0.3 is 5.97 Å². The number of esters is 1. The summed E-state index contributed by atoms with van der Waals surface area (Å²) in [6, 6.07) is 30.8. The van der Waals surface area contributed by atoms with E-state index in [-0.39, 0.29) is 17.4 Å². The topological polar surface area (TPSA) is 114 Å². The first-order chi connectivity index (χ1) is 23.2. The summed E-state index contributed by atoms with van der Waals surface area (Å²) < 4.78 is 5.85. The number of anilines is 2. The van der Waals surface area contributed by atoms with Crippen LogP contribution in [0.4, 0.5) is 10.7 Å². The van der Waals surface area contributed by atoms with Crippen molar-refractivity contribution >= 4 is 79.5 Å². The summed E-state index contributed by atoms with van der Waals surface area (Å²) in [7, 11) is 1.31. The Bertz CT molecular complexity index is 1990. The average molecular weight is 741 g/mol. The van der Waals surface area contributed by atoms with E-state index in [1.165, 1.54) is 30.2 Å². The lowest BCUT2D eigenvalue weighted by Gasteiger charge is -2.12. The van der Waals surface area contributed by atoms with Gasteiger partial charge < -0.3 is 20.7 Å². The standard InChI is InChI=1S/C37H30BrN3O5S2/c1-23-14-16-25(17-15-23)30-21-48-36(33(30)37(45)46-2)41-32(42)22-47-29-13-7-12-28(20-29)39-35(44)31(19-24-8-6-11-27(38)18-24)40-34(43)26-9-4-3-5-10-26/h3-21H,22H2,1-2H3,(H,39,44)(H,40,43)(H,41,42)/b31-19+. The minimum Gasteiger partial charge on any atom is -0.465 e. The third-order valence-corrected chi connectivity index (χ3v) is 9.33. The molecule has 1 aromatic heterocycles. The Labute approximate surface area is 294 Å². The van der Waals surface area contributed by atoms with Gasteiger partial charge in [-0.3, -0.25) is 14.4 Å². The Kier molecular flexibility index (Phi) is 11.6. The molecule has 0 saturated carbocycles. The van der Waals surface area contributed by atoms with E-state index in [0.717, 1.165) is 20.5 Å². The number of ether oxygens (including phenoxy) is 1. The van der Waals surface area contributed by atoms with Crippen molar-refractivity contribution in [2.24, 2.45) is 0 Å². The second kappa shape index (κ2) is 16.2. The summed E-state index contributed by atoms with van der Waals surface area (Å²) in [6.45, 7) is 1.98. The molecule has 0 unspecified atom stereocenters. The van der Waals surface area contributed by atoms with Crippen LogP contribution < -0.4 is 16.0 Å². The summed E-state index contributed by atoms with van der Waals surface area (Å²) in [5.41, 5.74) is 4.60. The number of thiophene rings is 1. The lowest BCUT2D eigenvalue weighted by Crippen LogP contribution is -2.30. The Morgan fingerprint density at radius 2 is 1.62 bits per heavy atom. The Balaban J connectivity index is 1.27. The van der Waals surface area contributed by atoms with E-state index in [1.807, 2.05) is 66.9 Å². The predicted octanol–water partition coefficient (Wildman–Crippen LogP) is 8.41. The Morgan fingerprint density at radius 3 is 2.35 bits per heavy atom. The van der Waals surface area contributed by atoms with E-state index in [2.05, 4.69) is 31.9 Å². The van der Waals surface area contributed by atoms with Crippen LogP contribution in [0, 0.1) is 6.92 Å². The van der Waals surface area contributed by atoms with Crippen molar-refractivity contribution in [1.82, 2.24) is 5.32 Å². The minimum atomic E-state index is -0.536. The monoisotopic (exact) mass is 739 g/mol. The molecule has 48 heavy (non-hydrogen) atoms. The molecule has 242 valence electrons. The maximum Gasteiger partial charge on any atom is 0.341 e. The van der Waals surface area contributed by atoms with Crippen LogP contribution in [0.3, 0.4) is 0 Å². The van der Waals surface area contributed by atoms with Crippen molar-refractivity contribution in [2.45, 2.75) is 11.8 Å². The van der Waals surface area contributed by atoms with Crippen LogP contribution >= 0.6 is 39.0 Å². The molecule has 8 nitrogen and oxygen atoms in total. The van der Waals surface area contributed by atoms with E-state index >= 15 is 0 Å². The van der Waals surface area contributed by atoms with Gasteiger partial charge in [-0.1, -0.05) is 82.2 Å². The van der Waals surface area contributed by atoms with Crippen LogP contribution in [-0.2, 0) is 14.3 Å². The molecule has 5 aromatic rings. The largest absolute Gasteiger partial charge is 0.465 e. The molecule has 0 fully saturated rings. The number of carbonyl (C=O) groups is 4. The number of hydrogen-bond acceptors (Lipinski definition) is 7. The number of nitrogens with one attached hydrogen (secondary N) is 3. The Hall–Kier alpha value is -4.97. The van der Waals surface area contributed by atoms with Gasteiger partial charge in [0, 0.05) is 31.6 Å². The lowest BCUT2D eigenvalue weighted by molar-refractivity contribution is -0.114. The van der Waals surface area contributed by atoms with E-state index in [4.69, 9.17) is 4.74 Å². The molecular weight excluding hydrogens is 710 g/mol. The first-order valence-corrected chi connectivity index (χ1v) is 17.3. The predicted molar refractivity (Wildman–Crippen MR) is 196 cm³/mol. The van der Waals surface area contributed by atoms with Crippen LogP contribution in [0.5, 0.6) is 0 Å². The molecule has 0 aliphatic heterocycles. The highest BCUT2D eigenvalue weighted by Gasteiger charge is 2.22. The van der Waals surface area contributed by atoms with Crippen LogP contribution in [-0.4, -0.2) is 36.6 Å². The number of benzene rings is 4. The van der Waals surface area contributed by atoms with Gasteiger partial charge in [0.15, 0.2) is 0 Å². The summed E-state index contributed by atoms with van der Waals surface area (Å²) in [5.74, 6) is -1.73. The highest BCUT2D eigenvalue weighted by Crippen LogP contribution is 2.36. The summed E-state index contributed by atoms with van der Waals surface area (Å²) >= 11 is 5.97. The number of methoxy groups -OCH3 is 1. The maximum atomic E-state index is 13.5. The van der Waals surface area contributed by atoms with Gasteiger partial charge in [0.25, 0.3) is 11.8 Å². The lowest BCUT2D eigenvalue weighted by atomic mass is 10.0. The molecular formula is C37H30BrN3O5S2. The van der Waals surface area contributed by atoms with Gasteiger partial charge in [-0.25, -0.2) is 4.79 Å². The van der Waals surface area contributed by atoms with Crippen LogP contribution in [0.2, 0.25) is 0 Å². The van der Waals surface area contributed by atoms with E-state index in [9.17, 15) is 19.2 Å². The number of rotatable bonds is 11. The number of halogens is 1. The molecule has 0 saturated heterocycles. The van der Waals surface area contributed by atoms with E-state index < -0.39 is 17.8 Å². The average Bonchev–Trinajstić information content (AvgIpc) is 3.50. The smallest absolute Gasteiger partial charge is 0.341 e. The molecule has 0 radical (unpaired) electrons. The maximum absolute atomic E-state index is 13.5. The molecule has 0 atom stereocenters. The third-order valence-electron chi connectivity index (χ3n) is 6.95. The van der Waals surface area contributed by atoms with Crippen molar-refractivity contribution in [2.75, 3.05) is 23.5 Å². The van der Waals surface area contributed by atoms with Gasteiger partial charge in [0.2, 0.25) is 5.91 Å². The molecule has 0 aliphatic carbocycles. The quantitative estimate of drug-likeness (QED) is 0.0713. The van der Waals surface area contributed by atoms with Crippen LogP contribution in [0.25, 0.3) is 17.2 Å². The van der Waals surface area contributed by atoms with Crippen LogP contribution in [0.1, 0.15) is 31.8 Å². The highest BCUT2D eigenvalue weighted by atomic mass is 79.9. The molecule has 3 N–H and O–H groups in total. The van der Waals surface area contributed by atoms with Gasteiger partial charge in [0.1, 0.15) is 16.3 Å². The Morgan fingerprint density at radius 1 is 0.875 bits per heavy atom. The fourth-order valence-electron chi connectivity index (χ4n) is 4.58. The summed E-state index contributed by atoms with van der Waals surface area (Å²) in [5, 5.41) is 10.7. The number of carbonyl (C=O) groups excluding carboxylic acids is 4. The van der Waals surface area contributed by atoms with Crippen LogP contribution in [0.15, 0.2) is 124 Å². The summed E-state index contributed by atoms with van der Waals surface area (Å²) in [4.78, 5) is 52.9. The zero-order chi connectivity index (χ0) is 34.0. The molecule has 4 aromatic carbocycles. The second-order valence-electron chi connectivity index (χ2n) is 10.5. The number of aryl methyl sites for hydroxylation is 1. The zero-order valence-electron chi connectivity index (χ0n) is 25.9. The second-order valence-corrected chi connectivity index (χ2v) is 13.3. The van der Waals surface area contributed by atoms with Crippen molar-refractivity contribution < 1.29 is 23.9 Å². The first kappa shape index (κ1) is 34.4. The fourth-order valence-corrected chi connectivity index (χ4v) is 6.72. The molecule has 3 amide bonds. The van der Waals surface area contributed by atoms with E-state index in [0.29, 0.717) is 32.9 Å². The fraction of sp³-hybridized carbons (Fsp3) is 0.0811. The van der Waals surface area contributed by atoms with Gasteiger partial charge in [-0.05, 0) is 66.6 Å². The van der Waals surface area contributed by atoms with Gasteiger partial charge in [0.05, 0.1) is 12.9 Å². The molecule has 11 heteroatoms. The molecule has 0 aliphatic rings.